The number of aromatic nitrogens is 2. The van der Waals surface area contributed by atoms with Crippen LogP contribution >= 0.6 is 0 Å². The average Bonchev–Trinajstić information content (AvgIpc) is 2.59. The van der Waals surface area contributed by atoms with Gasteiger partial charge < -0.3 is 5.32 Å². The standard InChI is InChI=1S/C15H25N3/c1-6-8-9-10-14(16-11-7-2)15-12(3)17-18(5)13(15)4/h1,14,16H,7-11H2,2-5H3. The van der Waals surface area contributed by atoms with Crippen molar-refractivity contribution in [3.8, 4) is 12.3 Å². The average molecular weight is 247 g/mol. The summed E-state index contributed by atoms with van der Waals surface area (Å²) in [4.78, 5) is 0. The molecule has 1 atom stereocenters. The largest absolute Gasteiger partial charge is 0.310 e. The highest BCUT2D eigenvalue weighted by Gasteiger charge is 2.18. The highest BCUT2D eigenvalue weighted by Crippen LogP contribution is 2.25. The predicted molar refractivity (Wildman–Crippen MR) is 76.4 cm³/mol. The van der Waals surface area contributed by atoms with Gasteiger partial charge in [0.2, 0.25) is 0 Å². The van der Waals surface area contributed by atoms with Gasteiger partial charge >= 0.3 is 0 Å². The van der Waals surface area contributed by atoms with Crippen LogP contribution in [0.2, 0.25) is 0 Å². The Balaban J connectivity index is 2.83. The first kappa shape index (κ1) is 14.8. The summed E-state index contributed by atoms with van der Waals surface area (Å²) in [7, 11) is 2.00. The summed E-state index contributed by atoms with van der Waals surface area (Å²) in [5.74, 6) is 2.72. The molecule has 1 aromatic rings. The number of hydrogen-bond donors (Lipinski definition) is 1. The summed E-state index contributed by atoms with van der Waals surface area (Å²) in [6, 6.07) is 0.381. The van der Waals surface area contributed by atoms with Gasteiger partial charge in [-0.15, -0.1) is 12.3 Å². The van der Waals surface area contributed by atoms with E-state index in [1.165, 1.54) is 11.3 Å². The summed E-state index contributed by atoms with van der Waals surface area (Å²) >= 11 is 0. The van der Waals surface area contributed by atoms with Crippen LogP contribution in [0.3, 0.4) is 0 Å². The molecule has 0 aromatic carbocycles. The zero-order valence-corrected chi connectivity index (χ0v) is 12.1. The van der Waals surface area contributed by atoms with Gasteiger partial charge in [-0.25, -0.2) is 0 Å². The monoisotopic (exact) mass is 247 g/mol. The Morgan fingerprint density at radius 1 is 1.44 bits per heavy atom. The number of nitrogens with zero attached hydrogens (tertiary/aromatic N) is 2. The van der Waals surface area contributed by atoms with Crippen molar-refractivity contribution in [2.45, 2.75) is 52.5 Å². The Morgan fingerprint density at radius 2 is 2.17 bits per heavy atom. The lowest BCUT2D eigenvalue weighted by molar-refractivity contribution is 0.483. The van der Waals surface area contributed by atoms with E-state index in [0.29, 0.717) is 6.04 Å². The SMILES string of the molecule is C#CCCCC(NCCC)c1c(C)nn(C)c1C. The van der Waals surface area contributed by atoms with Gasteiger partial charge in [-0.3, -0.25) is 4.68 Å². The van der Waals surface area contributed by atoms with Gasteiger partial charge in [0.15, 0.2) is 0 Å². The van der Waals surface area contributed by atoms with Crippen LogP contribution < -0.4 is 5.32 Å². The van der Waals surface area contributed by atoms with Gasteiger partial charge in [0.1, 0.15) is 0 Å². The van der Waals surface area contributed by atoms with Crippen molar-refractivity contribution in [1.29, 1.82) is 0 Å². The normalized spacial score (nSPS) is 12.4. The summed E-state index contributed by atoms with van der Waals surface area (Å²) in [6.07, 6.45) is 9.47. The third kappa shape index (κ3) is 3.61. The minimum Gasteiger partial charge on any atom is -0.310 e. The Kier molecular flexibility index (Phi) is 5.94. The van der Waals surface area contributed by atoms with Gasteiger partial charge in [0.25, 0.3) is 0 Å². The molecule has 0 saturated carbocycles. The first-order valence-electron chi connectivity index (χ1n) is 6.78. The molecule has 0 aliphatic rings. The van der Waals surface area contributed by atoms with Crippen LogP contribution in [0.25, 0.3) is 0 Å². The maximum atomic E-state index is 5.33. The van der Waals surface area contributed by atoms with E-state index in [1.807, 2.05) is 11.7 Å². The van der Waals surface area contributed by atoms with E-state index in [4.69, 9.17) is 6.42 Å². The van der Waals surface area contributed by atoms with Crippen molar-refractivity contribution >= 4 is 0 Å². The van der Waals surface area contributed by atoms with Gasteiger partial charge in [0, 0.05) is 30.8 Å². The van der Waals surface area contributed by atoms with Gasteiger partial charge in [-0.1, -0.05) is 6.92 Å². The van der Waals surface area contributed by atoms with Crippen LogP contribution in [0, 0.1) is 26.2 Å². The van der Waals surface area contributed by atoms with Gasteiger partial charge in [0.05, 0.1) is 5.69 Å². The molecule has 0 aliphatic heterocycles. The van der Waals surface area contributed by atoms with Crippen molar-refractivity contribution in [2.24, 2.45) is 7.05 Å². The molecule has 0 radical (unpaired) electrons. The molecule has 0 spiro atoms. The molecule has 1 rings (SSSR count). The third-order valence-electron chi connectivity index (χ3n) is 3.37. The Bertz CT molecular complexity index is 412. The summed E-state index contributed by atoms with van der Waals surface area (Å²) < 4.78 is 1.96. The van der Waals surface area contributed by atoms with E-state index >= 15 is 0 Å². The molecule has 3 heteroatoms. The van der Waals surface area contributed by atoms with Crippen LogP contribution in [0.4, 0.5) is 0 Å². The lowest BCUT2D eigenvalue weighted by Crippen LogP contribution is -2.23. The number of terminal acetylenes is 1. The topological polar surface area (TPSA) is 29.9 Å². The van der Waals surface area contributed by atoms with Gasteiger partial charge in [-0.2, -0.15) is 5.10 Å². The quantitative estimate of drug-likeness (QED) is 0.593. The fourth-order valence-electron chi connectivity index (χ4n) is 2.37. The summed E-state index contributed by atoms with van der Waals surface area (Å²) in [5.41, 5.74) is 3.73. The van der Waals surface area contributed by atoms with Gasteiger partial charge in [-0.05, 0) is 39.7 Å². The maximum absolute atomic E-state index is 5.33. The molecule has 1 unspecified atom stereocenters. The molecule has 100 valence electrons. The second-order valence-electron chi connectivity index (χ2n) is 4.81. The maximum Gasteiger partial charge on any atom is 0.0644 e. The van der Waals surface area contributed by atoms with E-state index in [2.05, 4.69) is 37.1 Å². The van der Waals surface area contributed by atoms with E-state index in [9.17, 15) is 0 Å². The molecular weight excluding hydrogens is 222 g/mol. The molecule has 0 amide bonds. The van der Waals surface area contributed by atoms with E-state index < -0.39 is 0 Å². The fourth-order valence-corrected chi connectivity index (χ4v) is 2.37. The predicted octanol–water partition coefficient (Wildman–Crippen LogP) is 2.88. The van der Waals surface area contributed by atoms with Crippen LogP contribution in [-0.4, -0.2) is 16.3 Å². The zero-order valence-electron chi connectivity index (χ0n) is 12.1. The lowest BCUT2D eigenvalue weighted by atomic mass is 9.99. The molecule has 1 N–H and O–H groups in total. The van der Waals surface area contributed by atoms with Crippen molar-refractivity contribution < 1.29 is 0 Å². The fraction of sp³-hybridized carbons (Fsp3) is 0.667. The zero-order chi connectivity index (χ0) is 13.5. The molecule has 0 aliphatic carbocycles. The van der Waals surface area contributed by atoms with Crippen molar-refractivity contribution in [2.75, 3.05) is 6.54 Å². The second kappa shape index (κ2) is 7.23. The third-order valence-corrected chi connectivity index (χ3v) is 3.37. The smallest absolute Gasteiger partial charge is 0.0644 e. The molecule has 18 heavy (non-hydrogen) atoms. The number of rotatable bonds is 7. The Labute approximate surface area is 111 Å². The first-order chi connectivity index (χ1) is 8.61. The minimum absolute atomic E-state index is 0.381. The number of unbranched alkanes of at least 4 members (excludes halogenated alkanes) is 1. The molecule has 1 aromatic heterocycles. The second-order valence-corrected chi connectivity index (χ2v) is 4.81. The van der Waals surface area contributed by atoms with E-state index in [-0.39, 0.29) is 0 Å². The van der Waals surface area contributed by atoms with Crippen molar-refractivity contribution in [3.05, 3.63) is 17.0 Å². The van der Waals surface area contributed by atoms with E-state index in [0.717, 1.165) is 37.9 Å². The Hall–Kier alpha value is -1.27. The Morgan fingerprint density at radius 3 is 2.67 bits per heavy atom. The summed E-state index contributed by atoms with van der Waals surface area (Å²) in [6.45, 7) is 7.45. The highest BCUT2D eigenvalue weighted by molar-refractivity contribution is 5.28. The van der Waals surface area contributed by atoms with Crippen LogP contribution in [-0.2, 0) is 7.05 Å². The molecular formula is C15H25N3. The van der Waals surface area contributed by atoms with Crippen LogP contribution in [0.1, 0.15) is 55.6 Å². The first-order valence-corrected chi connectivity index (χ1v) is 6.78. The lowest BCUT2D eigenvalue weighted by Gasteiger charge is -2.19. The molecule has 1 heterocycles. The number of nitrogens with one attached hydrogen (secondary N) is 1. The van der Waals surface area contributed by atoms with Crippen molar-refractivity contribution in [3.63, 3.8) is 0 Å². The summed E-state index contributed by atoms with van der Waals surface area (Å²) in [5, 5.41) is 8.12. The minimum atomic E-state index is 0.381. The number of hydrogen-bond acceptors (Lipinski definition) is 2. The molecule has 3 nitrogen and oxygen atoms in total. The van der Waals surface area contributed by atoms with Crippen LogP contribution in [0.5, 0.6) is 0 Å². The number of aryl methyl sites for hydroxylation is 2. The highest BCUT2D eigenvalue weighted by atomic mass is 15.3. The van der Waals surface area contributed by atoms with Crippen molar-refractivity contribution in [1.82, 2.24) is 15.1 Å². The molecule has 0 bridgehead atoms. The molecule has 0 saturated heterocycles. The molecule has 0 fully saturated rings. The van der Waals surface area contributed by atoms with E-state index in [1.54, 1.807) is 0 Å². The van der Waals surface area contributed by atoms with Crippen LogP contribution in [0.15, 0.2) is 0 Å².